The van der Waals surface area contributed by atoms with Gasteiger partial charge in [0.1, 0.15) is 68.2 Å². The molecule has 0 aromatic heterocycles. The fourth-order valence-electron chi connectivity index (χ4n) is 10.0. The Morgan fingerprint density at radius 3 is 0.766 bits per heavy atom. The topological polar surface area (TPSA) is 18.5 Å². The minimum Gasteiger partial charge on any atom is -0.363 e. The average Bonchev–Trinajstić information content (AvgIpc) is 3.35. The van der Waals surface area contributed by atoms with E-state index in [0.29, 0.717) is 13.2 Å². The first-order valence-electron chi connectivity index (χ1n) is 24.3. The second kappa shape index (κ2) is 23.2. The van der Waals surface area contributed by atoms with Crippen molar-refractivity contribution in [2.24, 2.45) is 0 Å². The first-order valence-corrected chi connectivity index (χ1v) is 27.9. The second-order valence-corrected chi connectivity index (χ2v) is 24.6. The minimum absolute atomic E-state index is 0.672. The van der Waals surface area contributed by atoms with E-state index < -0.39 is 25.7 Å². The lowest BCUT2D eigenvalue weighted by molar-refractivity contribution is 0.00912. The largest absolute Gasteiger partial charge is 0.363 e. The van der Waals surface area contributed by atoms with Crippen LogP contribution in [-0.4, -0.2) is 24.4 Å². The summed E-state index contributed by atoms with van der Waals surface area (Å²) in [5, 5.41) is 10.5. The molecule has 6 aromatic carbocycles. The molecule has 0 N–H and O–H groups in total. The number of hydrogen-bond donors (Lipinski definition) is 0. The van der Waals surface area contributed by atoms with Crippen LogP contribution < -0.4 is 31.8 Å². The van der Waals surface area contributed by atoms with E-state index in [2.05, 4.69) is 222 Å². The Balaban J connectivity index is 1.55. The van der Waals surface area contributed by atoms with Crippen LogP contribution in [-0.2, 0) is 9.47 Å². The van der Waals surface area contributed by atoms with Gasteiger partial charge in [0, 0.05) is 13.2 Å². The van der Waals surface area contributed by atoms with Crippen molar-refractivity contribution in [2.45, 2.75) is 116 Å². The predicted octanol–water partition coefficient (Wildman–Crippen LogP) is 14.0. The minimum atomic E-state index is -2.63. The predicted molar refractivity (Wildman–Crippen MR) is 282 cm³/mol. The summed E-state index contributed by atoms with van der Waals surface area (Å²) in [6.45, 7) is 10.7. The molecule has 0 saturated carbocycles. The lowest BCUT2D eigenvalue weighted by atomic mass is 9.90. The molecule has 0 aliphatic heterocycles. The molecule has 0 fully saturated rings. The van der Waals surface area contributed by atoms with Crippen LogP contribution in [0.15, 0.2) is 205 Å². The molecule has 2 atom stereocenters. The van der Waals surface area contributed by atoms with E-state index in [0.717, 1.165) is 25.7 Å². The molecule has 0 radical (unpaired) electrons. The summed E-state index contributed by atoms with van der Waals surface area (Å²) in [5.74, 6) is 0. The fourth-order valence-corrected chi connectivity index (χ4v) is 19.7. The van der Waals surface area contributed by atoms with Crippen LogP contribution in [0.25, 0.3) is 0 Å². The molecular formula is C60H72O2P2+2. The zero-order valence-corrected chi connectivity index (χ0v) is 40.9. The maximum atomic E-state index is 7.71. The Labute approximate surface area is 387 Å². The number of benzene rings is 6. The summed E-state index contributed by atoms with van der Waals surface area (Å²) in [6, 6.07) is 68.0. The molecule has 64 heavy (non-hydrogen) atoms. The zero-order chi connectivity index (χ0) is 44.6. The quantitative estimate of drug-likeness (QED) is 0.0445. The molecule has 2 unspecified atom stereocenters. The highest BCUT2D eigenvalue weighted by Gasteiger charge is 2.64. The monoisotopic (exact) mass is 886 g/mol. The van der Waals surface area contributed by atoms with Crippen LogP contribution in [0.4, 0.5) is 0 Å². The van der Waals surface area contributed by atoms with Crippen molar-refractivity contribution >= 4 is 46.4 Å². The Morgan fingerprint density at radius 1 is 0.312 bits per heavy atom. The van der Waals surface area contributed by atoms with E-state index >= 15 is 0 Å². The summed E-state index contributed by atoms with van der Waals surface area (Å²) < 4.78 is 15.4. The molecule has 0 heterocycles. The molecule has 0 saturated heterocycles. The van der Waals surface area contributed by atoms with Crippen molar-refractivity contribution in [3.63, 3.8) is 0 Å². The molecule has 2 nitrogen and oxygen atoms in total. The first kappa shape index (κ1) is 47.5. The van der Waals surface area contributed by atoms with Gasteiger partial charge in [-0.25, -0.2) is 0 Å². The molecule has 1 aliphatic rings. The number of hydrogen-bond acceptors (Lipinski definition) is 2. The van der Waals surface area contributed by atoms with Gasteiger partial charge in [0.25, 0.3) is 0 Å². The SMILES string of the molecule is CCCCCCCCOC1(C)C=C([P+](c2ccccc2)(c2ccccc2)c2ccccc2)C(C)(OCCCCCCCC)C=C1[P+](c1ccccc1)(c1ccccc1)c1ccccc1. The summed E-state index contributed by atoms with van der Waals surface area (Å²) in [4.78, 5) is 0. The van der Waals surface area contributed by atoms with E-state index in [1.54, 1.807) is 0 Å². The van der Waals surface area contributed by atoms with Crippen LogP contribution in [0.2, 0.25) is 0 Å². The highest BCUT2D eigenvalue weighted by molar-refractivity contribution is 7.99. The molecular weight excluding hydrogens is 815 g/mol. The Kier molecular flexibility index (Phi) is 17.2. The zero-order valence-electron chi connectivity index (χ0n) is 39.1. The number of unbranched alkanes of at least 4 members (excludes halogenated alkanes) is 10. The van der Waals surface area contributed by atoms with Crippen LogP contribution in [0, 0.1) is 0 Å². The van der Waals surface area contributed by atoms with Gasteiger partial charge < -0.3 is 9.47 Å². The maximum absolute atomic E-state index is 7.71. The van der Waals surface area contributed by atoms with Crippen molar-refractivity contribution in [3.8, 4) is 0 Å². The third kappa shape index (κ3) is 10.3. The van der Waals surface area contributed by atoms with Crippen LogP contribution in [0.1, 0.15) is 105 Å². The third-order valence-electron chi connectivity index (χ3n) is 13.2. The molecule has 7 rings (SSSR count). The van der Waals surface area contributed by atoms with Gasteiger partial charge >= 0.3 is 0 Å². The summed E-state index contributed by atoms with van der Waals surface area (Å²) in [6.07, 6.45) is 19.7. The maximum Gasteiger partial charge on any atom is 0.145 e. The molecule has 0 bridgehead atoms. The average molecular weight is 887 g/mol. The van der Waals surface area contributed by atoms with E-state index in [1.165, 1.54) is 93.8 Å². The van der Waals surface area contributed by atoms with E-state index in [1.807, 2.05) is 0 Å². The van der Waals surface area contributed by atoms with E-state index in [4.69, 9.17) is 9.47 Å². The van der Waals surface area contributed by atoms with Gasteiger partial charge in [-0.15, -0.1) is 0 Å². The summed E-state index contributed by atoms with van der Waals surface area (Å²) in [7, 11) is -5.26. The first-order chi connectivity index (χ1) is 31.4. The van der Waals surface area contributed by atoms with Gasteiger partial charge in [-0.1, -0.05) is 187 Å². The number of rotatable bonds is 24. The van der Waals surface area contributed by atoms with Gasteiger partial charge in [0.15, 0.2) is 0 Å². The van der Waals surface area contributed by atoms with Gasteiger partial charge in [-0.3, -0.25) is 0 Å². The molecule has 0 spiro atoms. The molecule has 6 aromatic rings. The van der Waals surface area contributed by atoms with Crippen LogP contribution >= 0.6 is 14.5 Å². The Morgan fingerprint density at radius 2 is 0.531 bits per heavy atom. The van der Waals surface area contributed by atoms with Crippen molar-refractivity contribution < 1.29 is 9.47 Å². The van der Waals surface area contributed by atoms with Gasteiger partial charge in [-0.2, -0.15) is 0 Å². The summed E-state index contributed by atoms with van der Waals surface area (Å²) >= 11 is 0. The van der Waals surface area contributed by atoms with Crippen LogP contribution in [0.3, 0.4) is 0 Å². The van der Waals surface area contributed by atoms with Gasteiger partial charge in [-0.05, 0) is 112 Å². The molecule has 1 aliphatic carbocycles. The molecule has 332 valence electrons. The Hall–Kier alpha value is -4.42. The standard InChI is InChI=1S/C60H72O2P2/c1-5-7-9-11-13-33-47-61-59(3)49-58(64(54-41-27-18-28-42-54,55-43-29-19-30-44-55)56-45-31-20-32-46-56)60(4,62-48-34-14-12-10-8-6-2)50-57(59)63(51-35-21-15-22-36-51,52-37-23-16-24-38-52)53-39-25-17-26-40-53/h15-32,35-46,49-50H,5-14,33-34,47-48H2,1-4H3/q+2. The smallest absolute Gasteiger partial charge is 0.145 e. The van der Waals surface area contributed by atoms with Crippen molar-refractivity contribution in [2.75, 3.05) is 13.2 Å². The Bertz CT molecular complexity index is 1970. The molecule has 0 amide bonds. The van der Waals surface area contributed by atoms with Crippen LogP contribution in [0.5, 0.6) is 0 Å². The third-order valence-corrected chi connectivity index (χ3v) is 22.3. The lowest BCUT2D eigenvalue weighted by Crippen LogP contribution is -2.49. The normalized spacial score (nSPS) is 17.8. The van der Waals surface area contributed by atoms with Gasteiger partial charge in [0.05, 0.1) is 0 Å². The fraction of sp³-hybridized carbons (Fsp3) is 0.333. The van der Waals surface area contributed by atoms with Crippen molar-refractivity contribution in [1.82, 2.24) is 0 Å². The highest BCUT2D eigenvalue weighted by atomic mass is 31.2. The molecule has 4 heteroatoms. The van der Waals surface area contributed by atoms with Crippen molar-refractivity contribution in [3.05, 3.63) is 205 Å². The lowest BCUT2D eigenvalue weighted by Gasteiger charge is -2.46. The highest BCUT2D eigenvalue weighted by Crippen LogP contribution is 2.73. The van der Waals surface area contributed by atoms with E-state index in [-0.39, 0.29) is 0 Å². The van der Waals surface area contributed by atoms with Crippen molar-refractivity contribution in [1.29, 1.82) is 0 Å². The van der Waals surface area contributed by atoms with E-state index in [9.17, 15) is 0 Å². The number of ether oxygens (including phenoxy) is 2. The van der Waals surface area contributed by atoms with Gasteiger partial charge in [0.2, 0.25) is 0 Å². The summed E-state index contributed by atoms with van der Waals surface area (Å²) in [5.41, 5.74) is -1.61. The second-order valence-electron chi connectivity index (χ2n) is 17.9.